The van der Waals surface area contributed by atoms with Crippen LogP contribution in [0.3, 0.4) is 0 Å². The first-order chi connectivity index (χ1) is 12.3. The molecule has 2 aromatic carbocycles. The summed E-state index contributed by atoms with van der Waals surface area (Å²) in [4.78, 5) is 12.4. The van der Waals surface area contributed by atoms with Gasteiger partial charge in [-0.05, 0) is 36.2 Å². The van der Waals surface area contributed by atoms with E-state index in [9.17, 15) is 13.2 Å². The maximum Gasteiger partial charge on any atom is 0.251 e. The summed E-state index contributed by atoms with van der Waals surface area (Å²) in [6, 6.07) is 13.3. The lowest BCUT2D eigenvalue weighted by molar-refractivity contribution is 0.0950. The Morgan fingerprint density at radius 2 is 1.73 bits per heavy atom. The highest BCUT2D eigenvalue weighted by Gasteiger charge is 2.15. The molecule has 6 nitrogen and oxygen atoms in total. The summed E-state index contributed by atoms with van der Waals surface area (Å²) in [6.45, 7) is 4.54. The van der Waals surface area contributed by atoms with Crippen LogP contribution >= 0.6 is 0 Å². The van der Waals surface area contributed by atoms with Crippen molar-refractivity contribution in [2.75, 3.05) is 13.7 Å². The number of rotatable bonds is 8. The summed E-state index contributed by atoms with van der Waals surface area (Å²) in [6.07, 6.45) is 0. The highest BCUT2D eigenvalue weighted by molar-refractivity contribution is 7.89. The minimum Gasteiger partial charge on any atom is -0.496 e. The summed E-state index contributed by atoms with van der Waals surface area (Å²) in [5.74, 6) is 0.630. The number of carbonyl (C=O) groups is 1. The average Bonchev–Trinajstić information content (AvgIpc) is 2.65. The molecule has 2 rings (SSSR count). The average molecular weight is 376 g/mol. The molecular formula is C19H24N2O4S. The van der Waals surface area contributed by atoms with E-state index in [4.69, 9.17) is 4.74 Å². The normalized spacial score (nSPS) is 11.4. The summed E-state index contributed by atoms with van der Waals surface area (Å²) < 4.78 is 32.1. The SMILES string of the molecule is COc1ccccc1CNC(=O)c1ccc(S(=O)(=O)NCC(C)C)cc1. The van der Waals surface area contributed by atoms with Crippen molar-refractivity contribution >= 4 is 15.9 Å². The van der Waals surface area contributed by atoms with Crippen LogP contribution in [-0.4, -0.2) is 28.0 Å². The van der Waals surface area contributed by atoms with Crippen molar-refractivity contribution in [1.29, 1.82) is 0 Å². The first-order valence-electron chi connectivity index (χ1n) is 8.33. The van der Waals surface area contributed by atoms with Crippen LogP contribution in [0, 0.1) is 5.92 Å². The lowest BCUT2D eigenvalue weighted by Gasteiger charge is -2.11. The van der Waals surface area contributed by atoms with E-state index >= 15 is 0 Å². The fourth-order valence-electron chi connectivity index (χ4n) is 2.27. The minimum absolute atomic E-state index is 0.138. The van der Waals surface area contributed by atoms with Crippen LogP contribution in [0.25, 0.3) is 0 Å². The molecule has 0 spiro atoms. The van der Waals surface area contributed by atoms with Crippen LogP contribution in [0.4, 0.5) is 0 Å². The molecule has 0 aromatic heterocycles. The van der Waals surface area contributed by atoms with Gasteiger partial charge in [0.1, 0.15) is 5.75 Å². The number of methoxy groups -OCH3 is 1. The Morgan fingerprint density at radius 3 is 2.35 bits per heavy atom. The zero-order valence-electron chi connectivity index (χ0n) is 15.2. The van der Waals surface area contributed by atoms with Crippen LogP contribution in [0.1, 0.15) is 29.8 Å². The third kappa shape index (κ3) is 5.31. The lowest BCUT2D eigenvalue weighted by atomic mass is 10.2. The summed E-state index contributed by atoms with van der Waals surface area (Å²) in [7, 11) is -1.98. The van der Waals surface area contributed by atoms with Gasteiger partial charge >= 0.3 is 0 Å². The monoisotopic (exact) mass is 376 g/mol. The van der Waals surface area contributed by atoms with Crippen LogP contribution in [0.15, 0.2) is 53.4 Å². The van der Waals surface area contributed by atoms with Gasteiger partial charge in [-0.3, -0.25) is 4.79 Å². The van der Waals surface area contributed by atoms with Gasteiger partial charge in [0.2, 0.25) is 10.0 Å². The second kappa shape index (κ2) is 8.82. The van der Waals surface area contributed by atoms with Gasteiger partial charge in [0.15, 0.2) is 0 Å². The summed E-state index contributed by atoms with van der Waals surface area (Å²) in [5.41, 5.74) is 1.25. The predicted molar refractivity (Wildman–Crippen MR) is 101 cm³/mol. The fraction of sp³-hybridized carbons (Fsp3) is 0.316. The molecular weight excluding hydrogens is 352 g/mol. The highest BCUT2D eigenvalue weighted by Crippen LogP contribution is 2.17. The Hall–Kier alpha value is -2.38. The minimum atomic E-state index is -3.56. The van der Waals surface area contributed by atoms with Crippen molar-refractivity contribution in [1.82, 2.24) is 10.0 Å². The van der Waals surface area contributed by atoms with Crippen LogP contribution < -0.4 is 14.8 Å². The Balaban J connectivity index is 2.02. The van der Waals surface area contributed by atoms with Gasteiger partial charge in [-0.15, -0.1) is 0 Å². The molecule has 0 saturated carbocycles. The maximum absolute atomic E-state index is 12.3. The Labute approximate surface area is 154 Å². The number of hydrogen-bond acceptors (Lipinski definition) is 4. The number of nitrogens with one attached hydrogen (secondary N) is 2. The molecule has 2 aromatic rings. The van der Waals surface area contributed by atoms with Crippen molar-refractivity contribution in [3.63, 3.8) is 0 Å². The molecule has 0 radical (unpaired) electrons. The van der Waals surface area contributed by atoms with Crippen molar-refractivity contribution in [3.8, 4) is 5.75 Å². The molecule has 26 heavy (non-hydrogen) atoms. The van der Waals surface area contributed by atoms with Gasteiger partial charge in [-0.25, -0.2) is 13.1 Å². The molecule has 0 atom stereocenters. The summed E-state index contributed by atoms with van der Waals surface area (Å²) in [5, 5.41) is 2.80. The van der Waals surface area contributed by atoms with Gasteiger partial charge in [-0.1, -0.05) is 32.0 Å². The topological polar surface area (TPSA) is 84.5 Å². The molecule has 0 heterocycles. The largest absolute Gasteiger partial charge is 0.496 e. The number of amides is 1. The third-order valence-corrected chi connectivity index (χ3v) is 5.18. The van der Waals surface area contributed by atoms with Crippen molar-refractivity contribution in [2.45, 2.75) is 25.3 Å². The maximum atomic E-state index is 12.3. The van der Waals surface area contributed by atoms with Crippen molar-refractivity contribution in [3.05, 3.63) is 59.7 Å². The highest BCUT2D eigenvalue weighted by atomic mass is 32.2. The predicted octanol–water partition coefficient (Wildman–Crippen LogP) is 2.56. The zero-order valence-corrected chi connectivity index (χ0v) is 16.0. The van der Waals surface area contributed by atoms with Gasteiger partial charge in [0.25, 0.3) is 5.91 Å². The van der Waals surface area contributed by atoms with E-state index in [0.717, 1.165) is 5.56 Å². The first-order valence-corrected chi connectivity index (χ1v) is 9.81. The van der Waals surface area contributed by atoms with Gasteiger partial charge in [0, 0.05) is 24.2 Å². The smallest absolute Gasteiger partial charge is 0.251 e. The second-order valence-electron chi connectivity index (χ2n) is 6.26. The first kappa shape index (κ1) is 19.9. The molecule has 0 fully saturated rings. The molecule has 0 bridgehead atoms. The third-order valence-electron chi connectivity index (χ3n) is 3.74. The van der Waals surface area contributed by atoms with Crippen molar-refractivity contribution in [2.24, 2.45) is 5.92 Å². The molecule has 0 aliphatic rings. The van der Waals surface area contributed by atoms with Gasteiger partial charge in [-0.2, -0.15) is 0 Å². The number of benzene rings is 2. The molecule has 0 aliphatic heterocycles. The standard InChI is InChI=1S/C19H24N2O4S/c1-14(2)12-21-26(23,24)17-10-8-15(9-11-17)19(22)20-13-16-6-4-5-7-18(16)25-3/h4-11,14,21H,12-13H2,1-3H3,(H,20,22). The number of carbonyl (C=O) groups excluding carboxylic acids is 1. The zero-order chi connectivity index (χ0) is 19.2. The Bertz CT molecular complexity index is 846. The molecule has 0 aliphatic carbocycles. The van der Waals surface area contributed by atoms with E-state index in [-0.39, 0.29) is 16.7 Å². The summed E-state index contributed by atoms with van der Waals surface area (Å²) >= 11 is 0. The van der Waals surface area contributed by atoms with Crippen molar-refractivity contribution < 1.29 is 17.9 Å². The molecule has 2 N–H and O–H groups in total. The van der Waals surface area contributed by atoms with E-state index in [2.05, 4.69) is 10.0 Å². The Kier molecular flexibility index (Phi) is 6.76. The van der Waals surface area contributed by atoms with E-state index in [1.165, 1.54) is 24.3 Å². The van der Waals surface area contributed by atoms with E-state index < -0.39 is 10.0 Å². The number of ether oxygens (including phenoxy) is 1. The fourth-order valence-corrected chi connectivity index (χ4v) is 3.49. The van der Waals surface area contributed by atoms with Crippen LogP contribution in [0.5, 0.6) is 5.75 Å². The number of hydrogen-bond donors (Lipinski definition) is 2. The van der Waals surface area contributed by atoms with E-state index in [0.29, 0.717) is 24.4 Å². The molecule has 0 saturated heterocycles. The van der Waals surface area contributed by atoms with E-state index in [1.807, 2.05) is 38.1 Å². The second-order valence-corrected chi connectivity index (χ2v) is 8.03. The molecule has 7 heteroatoms. The number of para-hydroxylation sites is 1. The molecule has 0 unspecified atom stereocenters. The van der Waals surface area contributed by atoms with Gasteiger partial charge < -0.3 is 10.1 Å². The molecule has 1 amide bonds. The van der Waals surface area contributed by atoms with Crippen LogP contribution in [-0.2, 0) is 16.6 Å². The lowest BCUT2D eigenvalue weighted by Crippen LogP contribution is -2.27. The van der Waals surface area contributed by atoms with Gasteiger partial charge in [0.05, 0.1) is 12.0 Å². The van der Waals surface area contributed by atoms with Crippen LogP contribution in [0.2, 0.25) is 0 Å². The number of sulfonamides is 1. The van der Waals surface area contributed by atoms with E-state index in [1.54, 1.807) is 7.11 Å². The molecule has 140 valence electrons. The Morgan fingerprint density at radius 1 is 1.08 bits per heavy atom. The quantitative estimate of drug-likeness (QED) is 0.742.